The zero-order chi connectivity index (χ0) is 10.4. The van der Waals surface area contributed by atoms with Crippen LogP contribution in [0.3, 0.4) is 0 Å². The van der Waals surface area contributed by atoms with E-state index in [1.807, 2.05) is 6.92 Å². The Morgan fingerprint density at radius 3 is 3.21 bits per heavy atom. The Kier molecular flexibility index (Phi) is 4.43. The van der Waals surface area contributed by atoms with Crippen LogP contribution in [-0.2, 0) is 0 Å². The Hall–Kier alpha value is -1.06. The van der Waals surface area contributed by atoms with Crippen molar-refractivity contribution in [3.05, 3.63) is 12.7 Å². The van der Waals surface area contributed by atoms with Crippen LogP contribution in [-0.4, -0.2) is 22.0 Å². The van der Waals surface area contributed by atoms with Crippen molar-refractivity contribution < 1.29 is 0 Å². The van der Waals surface area contributed by atoms with E-state index in [1.165, 1.54) is 23.1 Å². The molecule has 0 aliphatic heterocycles. The van der Waals surface area contributed by atoms with Gasteiger partial charge in [-0.15, -0.1) is 16.8 Å². The third-order valence-electron chi connectivity index (χ3n) is 1.26. The molecule has 74 valence electrons. The van der Waals surface area contributed by atoms with E-state index in [0.29, 0.717) is 6.54 Å². The van der Waals surface area contributed by atoms with E-state index in [0.717, 1.165) is 9.47 Å². The number of hydrogen-bond acceptors (Lipinski definition) is 6. The minimum absolute atomic E-state index is 0.0878. The van der Waals surface area contributed by atoms with Gasteiger partial charge in [0.15, 0.2) is 4.34 Å². The Labute approximate surface area is 91.0 Å². The molecule has 6 heteroatoms. The summed E-state index contributed by atoms with van der Waals surface area (Å²) in [7, 11) is 0. The number of thioether (sulfide) groups is 1. The van der Waals surface area contributed by atoms with Gasteiger partial charge in [-0.25, -0.2) is 0 Å². The number of nitriles is 1. The van der Waals surface area contributed by atoms with E-state index >= 15 is 0 Å². The van der Waals surface area contributed by atoms with Gasteiger partial charge in [0.2, 0.25) is 5.13 Å². The fourth-order valence-corrected chi connectivity index (χ4v) is 2.46. The second-order valence-corrected chi connectivity index (χ2v) is 5.00. The minimum atomic E-state index is -0.0878. The molecule has 0 radical (unpaired) electrons. The average Bonchev–Trinajstić information content (AvgIpc) is 2.62. The van der Waals surface area contributed by atoms with Gasteiger partial charge in [0.25, 0.3) is 0 Å². The smallest absolute Gasteiger partial charge is 0.206 e. The Morgan fingerprint density at radius 1 is 1.79 bits per heavy atom. The fourth-order valence-electron chi connectivity index (χ4n) is 0.666. The van der Waals surface area contributed by atoms with Gasteiger partial charge < -0.3 is 5.32 Å². The molecule has 1 atom stereocenters. The molecule has 4 nitrogen and oxygen atoms in total. The lowest BCUT2D eigenvalue weighted by molar-refractivity contribution is 1.00. The largest absolute Gasteiger partial charge is 0.357 e. The second kappa shape index (κ2) is 5.62. The van der Waals surface area contributed by atoms with Gasteiger partial charge in [-0.1, -0.05) is 29.2 Å². The highest BCUT2D eigenvalue weighted by Gasteiger charge is 2.07. The number of nitrogens with one attached hydrogen (secondary N) is 1. The molecule has 0 saturated carbocycles. The molecule has 1 heterocycles. The van der Waals surface area contributed by atoms with Crippen molar-refractivity contribution in [1.82, 2.24) is 10.2 Å². The third-order valence-corrected chi connectivity index (χ3v) is 3.22. The van der Waals surface area contributed by atoms with Gasteiger partial charge in [-0.2, -0.15) is 5.26 Å². The first-order chi connectivity index (χ1) is 6.76. The maximum atomic E-state index is 8.60. The highest BCUT2D eigenvalue weighted by molar-refractivity contribution is 8.01. The lowest BCUT2D eigenvalue weighted by Gasteiger charge is -1.95. The maximum Gasteiger partial charge on any atom is 0.206 e. The first-order valence-corrected chi connectivity index (χ1v) is 5.70. The monoisotopic (exact) mass is 226 g/mol. The van der Waals surface area contributed by atoms with Gasteiger partial charge >= 0.3 is 0 Å². The molecular formula is C8H10N4S2. The number of nitrogens with zero attached hydrogens (tertiary/aromatic N) is 3. The standard InChI is InChI=1S/C8H10N4S2/c1-3-4-10-7-11-12-8(14-7)13-6(2)5-9/h3,6H,1,4H2,2H3,(H,10,11)/t6-/m0/s1. The SMILES string of the molecule is C=CCNc1nnc(S[C@@H](C)C#N)s1. The molecule has 0 spiro atoms. The van der Waals surface area contributed by atoms with Crippen molar-refractivity contribution in [1.29, 1.82) is 5.26 Å². The van der Waals surface area contributed by atoms with Crippen LogP contribution < -0.4 is 5.32 Å². The predicted octanol–water partition coefficient (Wildman–Crippen LogP) is 2.14. The van der Waals surface area contributed by atoms with E-state index in [9.17, 15) is 0 Å². The minimum Gasteiger partial charge on any atom is -0.357 e. The van der Waals surface area contributed by atoms with Gasteiger partial charge in [-0.3, -0.25) is 0 Å². The number of aromatic nitrogens is 2. The van der Waals surface area contributed by atoms with Crippen molar-refractivity contribution in [3.8, 4) is 6.07 Å². The summed E-state index contributed by atoms with van der Waals surface area (Å²) in [5.41, 5.74) is 0. The number of anilines is 1. The summed E-state index contributed by atoms with van der Waals surface area (Å²) in [4.78, 5) is 0. The van der Waals surface area contributed by atoms with Crippen LogP contribution in [0, 0.1) is 11.3 Å². The van der Waals surface area contributed by atoms with Crippen LogP contribution in [0.25, 0.3) is 0 Å². The zero-order valence-electron chi connectivity index (χ0n) is 7.73. The molecular weight excluding hydrogens is 216 g/mol. The highest BCUT2D eigenvalue weighted by Crippen LogP contribution is 2.28. The topological polar surface area (TPSA) is 61.6 Å². The van der Waals surface area contributed by atoms with Crippen LogP contribution in [0.5, 0.6) is 0 Å². The molecule has 0 amide bonds. The van der Waals surface area contributed by atoms with Gasteiger partial charge in [0.05, 0.1) is 11.3 Å². The molecule has 1 aromatic rings. The summed E-state index contributed by atoms with van der Waals surface area (Å²) < 4.78 is 0.811. The van der Waals surface area contributed by atoms with Crippen molar-refractivity contribution in [2.24, 2.45) is 0 Å². The van der Waals surface area contributed by atoms with E-state index in [-0.39, 0.29) is 5.25 Å². The Bertz CT molecular complexity index is 341. The summed E-state index contributed by atoms with van der Waals surface area (Å²) in [5, 5.41) is 20.2. The molecule has 0 unspecified atom stereocenters. The highest BCUT2D eigenvalue weighted by atomic mass is 32.2. The zero-order valence-corrected chi connectivity index (χ0v) is 9.36. The van der Waals surface area contributed by atoms with E-state index < -0.39 is 0 Å². The van der Waals surface area contributed by atoms with Crippen LogP contribution >= 0.6 is 23.1 Å². The van der Waals surface area contributed by atoms with Gasteiger partial charge in [-0.05, 0) is 6.92 Å². The summed E-state index contributed by atoms with van der Waals surface area (Å²) in [6.07, 6.45) is 1.76. The molecule has 1 N–H and O–H groups in total. The first-order valence-electron chi connectivity index (χ1n) is 4.00. The van der Waals surface area contributed by atoms with Crippen molar-refractivity contribution in [2.75, 3.05) is 11.9 Å². The normalized spacial score (nSPS) is 11.7. The van der Waals surface area contributed by atoms with E-state index in [1.54, 1.807) is 6.08 Å². The van der Waals surface area contributed by atoms with Crippen molar-refractivity contribution in [2.45, 2.75) is 16.5 Å². The summed E-state index contributed by atoms with van der Waals surface area (Å²) in [5.74, 6) is 0. The molecule has 14 heavy (non-hydrogen) atoms. The summed E-state index contributed by atoms with van der Waals surface area (Å²) >= 11 is 2.86. The van der Waals surface area contributed by atoms with E-state index in [2.05, 4.69) is 28.2 Å². The molecule has 0 saturated heterocycles. The molecule has 1 aromatic heterocycles. The molecule has 0 bridgehead atoms. The fraction of sp³-hybridized carbons (Fsp3) is 0.375. The van der Waals surface area contributed by atoms with Crippen molar-refractivity contribution in [3.63, 3.8) is 0 Å². The lowest BCUT2D eigenvalue weighted by atomic mass is 10.5. The third kappa shape index (κ3) is 3.36. The van der Waals surface area contributed by atoms with Gasteiger partial charge in [0.1, 0.15) is 0 Å². The van der Waals surface area contributed by atoms with Gasteiger partial charge in [0, 0.05) is 6.54 Å². The second-order valence-electron chi connectivity index (χ2n) is 2.43. The molecule has 0 aliphatic carbocycles. The van der Waals surface area contributed by atoms with Crippen LogP contribution in [0.4, 0.5) is 5.13 Å². The van der Waals surface area contributed by atoms with Crippen LogP contribution in [0.2, 0.25) is 0 Å². The van der Waals surface area contributed by atoms with E-state index in [4.69, 9.17) is 5.26 Å². The first kappa shape index (κ1) is 11.0. The van der Waals surface area contributed by atoms with Crippen LogP contribution in [0.15, 0.2) is 17.0 Å². The van der Waals surface area contributed by atoms with Crippen LogP contribution in [0.1, 0.15) is 6.92 Å². The summed E-state index contributed by atoms with van der Waals surface area (Å²) in [6.45, 7) is 6.10. The number of hydrogen-bond donors (Lipinski definition) is 1. The molecule has 0 fully saturated rings. The molecule has 1 rings (SSSR count). The predicted molar refractivity (Wildman–Crippen MR) is 59.5 cm³/mol. The van der Waals surface area contributed by atoms with Crippen molar-refractivity contribution >= 4 is 28.2 Å². The summed E-state index contributed by atoms with van der Waals surface area (Å²) in [6, 6.07) is 2.13. The quantitative estimate of drug-likeness (QED) is 0.615. The lowest BCUT2D eigenvalue weighted by Crippen LogP contribution is -1.96. The molecule has 0 aromatic carbocycles. The Morgan fingerprint density at radius 2 is 2.57 bits per heavy atom. The molecule has 0 aliphatic rings. The maximum absolute atomic E-state index is 8.60. The average molecular weight is 226 g/mol. The number of rotatable bonds is 5. The Balaban J connectivity index is 2.51.